The Balaban J connectivity index is 1.74. The molecule has 0 saturated heterocycles. The lowest BCUT2D eigenvalue weighted by Crippen LogP contribution is -2.19. The molecule has 3 heterocycles. The predicted octanol–water partition coefficient (Wildman–Crippen LogP) is 5.05. The molecule has 0 saturated carbocycles. The van der Waals surface area contributed by atoms with Crippen molar-refractivity contribution in [1.29, 1.82) is 0 Å². The van der Waals surface area contributed by atoms with E-state index in [-0.39, 0.29) is 11.4 Å². The number of nitrogens with one attached hydrogen (secondary N) is 2. The molecule has 3 rings (SSSR count). The van der Waals surface area contributed by atoms with Crippen molar-refractivity contribution in [2.75, 3.05) is 10.6 Å². The fourth-order valence-corrected chi connectivity index (χ4v) is 3.13. The van der Waals surface area contributed by atoms with Gasteiger partial charge in [-0.05, 0) is 35.6 Å². The van der Waals surface area contributed by atoms with Gasteiger partial charge in [-0.25, -0.2) is 4.79 Å². The number of aromatic nitrogens is 2. The summed E-state index contributed by atoms with van der Waals surface area (Å²) in [5.74, 6) is 1.10. The Morgan fingerprint density at radius 2 is 2.00 bits per heavy atom. The normalized spacial score (nSPS) is 11.4. The third-order valence-electron chi connectivity index (χ3n) is 3.69. The molecule has 0 aliphatic heterocycles. The van der Waals surface area contributed by atoms with E-state index in [0.717, 1.165) is 21.7 Å². The third kappa shape index (κ3) is 3.88. The van der Waals surface area contributed by atoms with Crippen LogP contribution in [-0.2, 0) is 5.41 Å². The first-order chi connectivity index (χ1) is 11.8. The molecule has 0 spiro atoms. The number of pyridine rings is 1. The molecule has 2 N–H and O–H groups in total. The number of carbonyl (C=O) groups excluding carboxylic acids is 1. The van der Waals surface area contributed by atoms with Crippen LogP contribution in [0.25, 0.3) is 11.1 Å². The lowest BCUT2D eigenvalue weighted by atomic mass is 9.93. The maximum atomic E-state index is 12.3. The molecular weight excluding hydrogens is 336 g/mol. The number of carbonyl (C=O) groups is 1. The fourth-order valence-electron chi connectivity index (χ4n) is 2.33. The van der Waals surface area contributed by atoms with Crippen LogP contribution in [0.2, 0.25) is 0 Å². The van der Waals surface area contributed by atoms with Gasteiger partial charge in [-0.1, -0.05) is 25.9 Å². The molecule has 0 fully saturated rings. The van der Waals surface area contributed by atoms with Gasteiger partial charge in [-0.15, -0.1) is 11.3 Å². The summed E-state index contributed by atoms with van der Waals surface area (Å²) in [6.07, 6.45) is 3.55. The van der Waals surface area contributed by atoms with Crippen molar-refractivity contribution in [3.63, 3.8) is 0 Å². The van der Waals surface area contributed by atoms with Gasteiger partial charge in [-0.3, -0.25) is 15.6 Å². The van der Waals surface area contributed by atoms with Gasteiger partial charge in [0.15, 0.2) is 5.82 Å². The number of urea groups is 1. The largest absolute Gasteiger partial charge is 0.359 e. The number of rotatable bonds is 3. The SMILES string of the molecule is Cc1cnccc1-c1ccsc1NC(=O)Nc1cc(C(C)(C)C)on1. The summed E-state index contributed by atoms with van der Waals surface area (Å²) in [7, 11) is 0. The lowest BCUT2D eigenvalue weighted by Gasteiger charge is -2.12. The highest BCUT2D eigenvalue weighted by Gasteiger charge is 2.20. The van der Waals surface area contributed by atoms with Crippen molar-refractivity contribution in [1.82, 2.24) is 10.1 Å². The van der Waals surface area contributed by atoms with Crippen molar-refractivity contribution in [2.45, 2.75) is 33.1 Å². The Labute approximate surface area is 150 Å². The summed E-state index contributed by atoms with van der Waals surface area (Å²) in [6.45, 7) is 8.05. The van der Waals surface area contributed by atoms with Gasteiger partial charge in [0, 0.05) is 29.4 Å². The van der Waals surface area contributed by atoms with Gasteiger partial charge in [0.05, 0.1) is 0 Å². The van der Waals surface area contributed by atoms with Gasteiger partial charge >= 0.3 is 6.03 Å². The van der Waals surface area contributed by atoms with E-state index in [0.29, 0.717) is 11.6 Å². The first kappa shape index (κ1) is 17.2. The number of anilines is 2. The van der Waals surface area contributed by atoms with E-state index in [4.69, 9.17) is 4.52 Å². The molecule has 6 nitrogen and oxygen atoms in total. The molecule has 0 bridgehead atoms. The average Bonchev–Trinajstić information content (AvgIpc) is 3.17. The monoisotopic (exact) mass is 356 g/mol. The topological polar surface area (TPSA) is 80.0 Å². The van der Waals surface area contributed by atoms with E-state index in [9.17, 15) is 4.79 Å². The van der Waals surface area contributed by atoms with Crippen LogP contribution in [0, 0.1) is 6.92 Å². The van der Waals surface area contributed by atoms with E-state index in [1.165, 1.54) is 11.3 Å². The predicted molar refractivity (Wildman–Crippen MR) is 100 cm³/mol. The number of nitrogens with zero attached hydrogens (tertiary/aromatic N) is 2. The van der Waals surface area contributed by atoms with Crippen LogP contribution < -0.4 is 10.6 Å². The summed E-state index contributed by atoms with van der Waals surface area (Å²) in [4.78, 5) is 16.4. The Kier molecular flexibility index (Phi) is 4.59. The van der Waals surface area contributed by atoms with Crippen LogP contribution >= 0.6 is 11.3 Å². The van der Waals surface area contributed by atoms with Gasteiger partial charge in [0.2, 0.25) is 0 Å². The minimum atomic E-state index is -0.357. The van der Waals surface area contributed by atoms with Crippen molar-refractivity contribution in [2.24, 2.45) is 0 Å². The quantitative estimate of drug-likeness (QED) is 0.688. The summed E-state index contributed by atoms with van der Waals surface area (Å²) in [6, 6.07) is 5.30. The standard InChI is InChI=1S/C18H20N4O2S/c1-11-10-19-7-5-12(11)13-6-8-25-16(13)21-17(23)20-15-9-14(24-22-15)18(2,3)4/h5-10H,1-4H3,(H2,20,21,22,23). The van der Waals surface area contributed by atoms with Crippen molar-refractivity contribution >= 4 is 28.2 Å². The zero-order valence-electron chi connectivity index (χ0n) is 14.6. The van der Waals surface area contributed by atoms with E-state index in [1.54, 1.807) is 18.5 Å². The lowest BCUT2D eigenvalue weighted by molar-refractivity contribution is 0.262. The molecule has 0 aliphatic rings. The maximum Gasteiger partial charge on any atom is 0.325 e. The molecule has 25 heavy (non-hydrogen) atoms. The highest BCUT2D eigenvalue weighted by Crippen LogP contribution is 2.34. The average molecular weight is 356 g/mol. The Hall–Kier alpha value is -2.67. The molecule has 130 valence electrons. The third-order valence-corrected chi connectivity index (χ3v) is 4.52. The van der Waals surface area contributed by atoms with Crippen LogP contribution in [0.4, 0.5) is 15.6 Å². The molecule has 0 unspecified atom stereocenters. The number of amides is 2. The first-order valence-electron chi connectivity index (χ1n) is 7.88. The first-order valence-corrected chi connectivity index (χ1v) is 8.76. The van der Waals surface area contributed by atoms with Gasteiger partial charge in [0.25, 0.3) is 0 Å². The highest BCUT2D eigenvalue weighted by atomic mass is 32.1. The van der Waals surface area contributed by atoms with Crippen LogP contribution in [0.1, 0.15) is 32.1 Å². The Bertz CT molecular complexity index is 892. The highest BCUT2D eigenvalue weighted by molar-refractivity contribution is 7.15. The van der Waals surface area contributed by atoms with E-state index in [1.807, 2.05) is 45.2 Å². The number of aryl methyl sites for hydroxylation is 1. The molecule has 0 aliphatic carbocycles. The number of thiophene rings is 1. The van der Waals surface area contributed by atoms with Crippen molar-refractivity contribution in [3.05, 3.63) is 47.3 Å². The van der Waals surface area contributed by atoms with E-state index >= 15 is 0 Å². The molecule has 0 atom stereocenters. The summed E-state index contributed by atoms with van der Waals surface area (Å²) < 4.78 is 5.28. The minimum absolute atomic E-state index is 0.163. The van der Waals surface area contributed by atoms with Crippen LogP contribution in [0.5, 0.6) is 0 Å². The van der Waals surface area contributed by atoms with Crippen LogP contribution in [0.3, 0.4) is 0 Å². The molecular formula is C18H20N4O2S. The maximum absolute atomic E-state index is 12.3. The zero-order chi connectivity index (χ0) is 18.0. The van der Waals surface area contributed by atoms with Gasteiger partial charge in [0.1, 0.15) is 10.8 Å². The molecule has 3 aromatic rings. The second-order valence-corrected chi connectivity index (χ2v) is 7.68. The Morgan fingerprint density at radius 3 is 2.68 bits per heavy atom. The molecule has 2 amide bonds. The Morgan fingerprint density at radius 1 is 1.20 bits per heavy atom. The fraction of sp³-hybridized carbons (Fsp3) is 0.278. The second-order valence-electron chi connectivity index (χ2n) is 6.76. The summed E-state index contributed by atoms with van der Waals surface area (Å²) in [5.41, 5.74) is 2.90. The number of hydrogen-bond donors (Lipinski definition) is 2. The second kappa shape index (κ2) is 6.68. The summed E-state index contributed by atoms with van der Waals surface area (Å²) >= 11 is 1.47. The molecule has 7 heteroatoms. The van der Waals surface area contributed by atoms with Crippen molar-refractivity contribution < 1.29 is 9.32 Å². The summed E-state index contributed by atoms with van der Waals surface area (Å²) in [5, 5.41) is 12.2. The molecule has 3 aromatic heterocycles. The molecule has 0 aromatic carbocycles. The van der Waals surface area contributed by atoms with Crippen LogP contribution in [0.15, 0.2) is 40.5 Å². The van der Waals surface area contributed by atoms with E-state index in [2.05, 4.69) is 20.8 Å². The van der Waals surface area contributed by atoms with Crippen LogP contribution in [-0.4, -0.2) is 16.2 Å². The molecule has 0 radical (unpaired) electrons. The van der Waals surface area contributed by atoms with Gasteiger partial charge < -0.3 is 4.52 Å². The minimum Gasteiger partial charge on any atom is -0.359 e. The smallest absolute Gasteiger partial charge is 0.325 e. The van der Waals surface area contributed by atoms with E-state index < -0.39 is 0 Å². The van der Waals surface area contributed by atoms with Gasteiger partial charge in [-0.2, -0.15) is 0 Å². The zero-order valence-corrected chi connectivity index (χ0v) is 15.4. The number of hydrogen-bond acceptors (Lipinski definition) is 5. The van der Waals surface area contributed by atoms with Crippen molar-refractivity contribution in [3.8, 4) is 11.1 Å².